The summed E-state index contributed by atoms with van der Waals surface area (Å²) in [5.41, 5.74) is 3.42. The number of thiophene rings is 1. The minimum absolute atomic E-state index is 0.138. The van der Waals surface area contributed by atoms with E-state index in [1.165, 1.54) is 11.3 Å². The molecule has 3 aromatic rings. The Balaban J connectivity index is 1.68. The number of esters is 1. The summed E-state index contributed by atoms with van der Waals surface area (Å²) in [6, 6.07) is 11.0. The standard InChI is InChI=1S/C24H24ClNO3S/c1-24(2,3)14-8-9-18-16(12-14)22(15-6-4-5-7-17(15)26-18)23(28)29-13-19(27)20-10-11-21(25)30-20/h4-7,10-11,14H,8-9,12-13H2,1-3H3. The third-order valence-corrected chi connectivity index (χ3v) is 7.14. The number of para-hydroxylation sites is 1. The number of aryl methyl sites for hydroxylation is 1. The van der Waals surface area contributed by atoms with Gasteiger partial charge in [-0.3, -0.25) is 9.78 Å². The lowest BCUT2D eigenvalue weighted by Gasteiger charge is -2.35. The molecule has 2 aromatic heterocycles. The molecule has 2 heterocycles. The molecule has 1 unspecified atom stereocenters. The summed E-state index contributed by atoms with van der Waals surface area (Å²) in [4.78, 5) is 30.9. The number of aromatic nitrogens is 1. The van der Waals surface area contributed by atoms with Crippen LogP contribution >= 0.6 is 22.9 Å². The zero-order chi connectivity index (χ0) is 21.5. The topological polar surface area (TPSA) is 56.3 Å². The van der Waals surface area contributed by atoms with E-state index in [1.807, 2.05) is 24.3 Å². The molecular weight excluding hydrogens is 418 g/mol. The first kappa shape index (κ1) is 21.0. The van der Waals surface area contributed by atoms with Crippen molar-refractivity contribution < 1.29 is 14.3 Å². The van der Waals surface area contributed by atoms with Crippen LogP contribution in [-0.4, -0.2) is 23.3 Å². The Morgan fingerprint density at radius 2 is 1.97 bits per heavy atom. The van der Waals surface area contributed by atoms with E-state index in [2.05, 4.69) is 20.8 Å². The first-order valence-corrected chi connectivity index (χ1v) is 11.3. The van der Waals surface area contributed by atoms with Gasteiger partial charge in [-0.25, -0.2) is 4.79 Å². The van der Waals surface area contributed by atoms with Crippen LogP contribution in [0, 0.1) is 11.3 Å². The lowest BCUT2D eigenvalue weighted by molar-refractivity contribution is 0.0475. The maximum Gasteiger partial charge on any atom is 0.339 e. The van der Waals surface area contributed by atoms with Gasteiger partial charge in [0.1, 0.15) is 0 Å². The van der Waals surface area contributed by atoms with Gasteiger partial charge in [0.2, 0.25) is 5.78 Å². The highest BCUT2D eigenvalue weighted by Gasteiger charge is 2.33. The van der Waals surface area contributed by atoms with Gasteiger partial charge in [0.05, 0.1) is 20.3 Å². The summed E-state index contributed by atoms with van der Waals surface area (Å²) >= 11 is 7.10. The van der Waals surface area contributed by atoms with Crippen LogP contribution in [0.2, 0.25) is 4.34 Å². The molecule has 0 amide bonds. The largest absolute Gasteiger partial charge is 0.454 e. The van der Waals surface area contributed by atoms with Crippen molar-refractivity contribution in [3.63, 3.8) is 0 Å². The number of ether oxygens (including phenoxy) is 1. The lowest BCUT2D eigenvalue weighted by Crippen LogP contribution is -2.29. The summed E-state index contributed by atoms with van der Waals surface area (Å²) in [5.74, 6) is -0.259. The van der Waals surface area contributed by atoms with Crippen LogP contribution in [0.3, 0.4) is 0 Å². The molecule has 0 fully saturated rings. The predicted molar refractivity (Wildman–Crippen MR) is 121 cm³/mol. The number of nitrogens with zero attached hydrogens (tertiary/aromatic N) is 1. The zero-order valence-corrected chi connectivity index (χ0v) is 18.9. The number of benzene rings is 1. The van der Waals surface area contributed by atoms with Gasteiger partial charge >= 0.3 is 5.97 Å². The number of rotatable bonds is 4. The third-order valence-electron chi connectivity index (χ3n) is 5.87. The molecule has 4 rings (SSSR count). The molecule has 1 aliphatic rings. The SMILES string of the molecule is CC(C)(C)C1CCc2nc3ccccc3c(C(=O)OCC(=O)c3ccc(Cl)s3)c2C1. The number of ketones is 1. The number of carbonyl (C=O) groups is 2. The highest BCUT2D eigenvalue weighted by Crippen LogP contribution is 2.39. The Morgan fingerprint density at radius 3 is 2.67 bits per heavy atom. The van der Waals surface area contributed by atoms with Crippen molar-refractivity contribution in [1.29, 1.82) is 0 Å². The number of hydrogen-bond donors (Lipinski definition) is 0. The predicted octanol–water partition coefficient (Wildman–Crippen LogP) is 6.14. The van der Waals surface area contributed by atoms with E-state index in [-0.39, 0.29) is 17.8 Å². The van der Waals surface area contributed by atoms with Crippen LogP contribution in [0.1, 0.15) is 58.5 Å². The Bertz CT molecular complexity index is 1130. The maximum atomic E-state index is 13.2. The molecule has 0 spiro atoms. The molecular formula is C24H24ClNO3S. The van der Waals surface area contributed by atoms with Crippen molar-refractivity contribution in [3.05, 3.63) is 62.4 Å². The third kappa shape index (κ3) is 4.14. The Labute approximate surface area is 185 Å². The molecule has 1 atom stereocenters. The number of Topliss-reactive ketones (excluding diaryl/α,β-unsaturated/α-hetero) is 1. The van der Waals surface area contributed by atoms with E-state index in [0.717, 1.165) is 41.4 Å². The van der Waals surface area contributed by atoms with Crippen molar-refractivity contribution in [2.24, 2.45) is 11.3 Å². The summed E-state index contributed by atoms with van der Waals surface area (Å²) in [7, 11) is 0. The molecule has 0 saturated heterocycles. The van der Waals surface area contributed by atoms with Crippen LogP contribution in [0.15, 0.2) is 36.4 Å². The van der Waals surface area contributed by atoms with Crippen molar-refractivity contribution in [3.8, 4) is 0 Å². The van der Waals surface area contributed by atoms with E-state index in [9.17, 15) is 9.59 Å². The van der Waals surface area contributed by atoms with Gasteiger partial charge in [-0.2, -0.15) is 0 Å². The van der Waals surface area contributed by atoms with E-state index in [1.54, 1.807) is 12.1 Å². The summed E-state index contributed by atoms with van der Waals surface area (Å²) in [6.45, 7) is 6.41. The van der Waals surface area contributed by atoms with Gasteiger partial charge in [0.15, 0.2) is 6.61 Å². The first-order chi connectivity index (χ1) is 14.2. The Kier molecular flexibility index (Phi) is 5.69. The average molecular weight is 442 g/mol. The molecule has 156 valence electrons. The summed E-state index contributed by atoms with van der Waals surface area (Å²) in [6.07, 6.45) is 2.68. The number of halogens is 1. The fourth-order valence-corrected chi connectivity index (χ4v) is 5.07. The molecule has 0 N–H and O–H groups in total. The number of pyridine rings is 1. The van der Waals surface area contributed by atoms with Crippen molar-refractivity contribution in [1.82, 2.24) is 4.98 Å². The highest BCUT2D eigenvalue weighted by molar-refractivity contribution is 7.18. The number of carbonyl (C=O) groups excluding carboxylic acids is 2. The van der Waals surface area contributed by atoms with Crippen LogP contribution in [0.4, 0.5) is 0 Å². The number of fused-ring (bicyclic) bond motifs is 2. The van der Waals surface area contributed by atoms with Gasteiger partial charge in [-0.1, -0.05) is 50.6 Å². The molecule has 1 aliphatic carbocycles. The molecule has 0 aliphatic heterocycles. The molecule has 4 nitrogen and oxygen atoms in total. The van der Waals surface area contributed by atoms with Gasteiger partial charge < -0.3 is 4.74 Å². The molecule has 1 aromatic carbocycles. The van der Waals surface area contributed by atoms with Crippen LogP contribution in [0.5, 0.6) is 0 Å². The van der Waals surface area contributed by atoms with Crippen LogP contribution < -0.4 is 0 Å². The molecule has 0 radical (unpaired) electrons. The van der Waals surface area contributed by atoms with E-state index in [0.29, 0.717) is 20.7 Å². The van der Waals surface area contributed by atoms with Gasteiger partial charge in [-0.05, 0) is 54.4 Å². The molecule has 6 heteroatoms. The smallest absolute Gasteiger partial charge is 0.339 e. The van der Waals surface area contributed by atoms with Crippen molar-refractivity contribution in [2.75, 3.05) is 6.61 Å². The van der Waals surface area contributed by atoms with E-state index < -0.39 is 5.97 Å². The normalized spacial score (nSPS) is 16.3. The lowest BCUT2D eigenvalue weighted by atomic mass is 9.70. The number of hydrogen-bond acceptors (Lipinski definition) is 5. The second-order valence-corrected chi connectivity index (χ2v) is 10.6. The fraction of sp³-hybridized carbons (Fsp3) is 0.375. The van der Waals surface area contributed by atoms with E-state index >= 15 is 0 Å². The minimum Gasteiger partial charge on any atom is -0.454 e. The monoisotopic (exact) mass is 441 g/mol. The second kappa shape index (κ2) is 8.12. The van der Waals surface area contributed by atoms with Crippen LogP contribution in [-0.2, 0) is 17.6 Å². The minimum atomic E-state index is -0.463. The van der Waals surface area contributed by atoms with Gasteiger partial charge in [0.25, 0.3) is 0 Å². The molecule has 30 heavy (non-hydrogen) atoms. The highest BCUT2D eigenvalue weighted by atomic mass is 35.5. The van der Waals surface area contributed by atoms with Crippen molar-refractivity contribution in [2.45, 2.75) is 40.0 Å². The van der Waals surface area contributed by atoms with Gasteiger partial charge in [0, 0.05) is 11.1 Å². The Hall–Kier alpha value is -2.24. The zero-order valence-electron chi connectivity index (χ0n) is 17.3. The fourth-order valence-electron chi connectivity index (χ4n) is 4.10. The summed E-state index contributed by atoms with van der Waals surface area (Å²) < 4.78 is 6.03. The Morgan fingerprint density at radius 1 is 1.20 bits per heavy atom. The van der Waals surface area contributed by atoms with Crippen molar-refractivity contribution >= 4 is 45.6 Å². The average Bonchev–Trinajstić information content (AvgIpc) is 3.15. The quantitative estimate of drug-likeness (QED) is 0.360. The first-order valence-electron chi connectivity index (χ1n) is 10.1. The second-order valence-electron chi connectivity index (χ2n) is 8.84. The van der Waals surface area contributed by atoms with Crippen LogP contribution in [0.25, 0.3) is 10.9 Å². The maximum absolute atomic E-state index is 13.2. The van der Waals surface area contributed by atoms with Gasteiger partial charge in [-0.15, -0.1) is 11.3 Å². The van der Waals surface area contributed by atoms with E-state index in [4.69, 9.17) is 21.3 Å². The molecule has 0 saturated carbocycles. The summed E-state index contributed by atoms with van der Waals surface area (Å²) in [5, 5.41) is 0.780. The molecule has 0 bridgehead atoms.